The van der Waals surface area contributed by atoms with Crippen molar-refractivity contribution in [1.29, 1.82) is 0 Å². The molecule has 0 saturated heterocycles. The molecule has 1 saturated carbocycles. The highest BCUT2D eigenvalue weighted by Gasteiger charge is 2.17. The molecule has 2 heterocycles. The second-order valence-electron chi connectivity index (χ2n) is 7.90. The first-order valence-electron chi connectivity index (χ1n) is 10.6. The summed E-state index contributed by atoms with van der Waals surface area (Å²) in [5, 5.41) is 6.11. The number of carbonyl (C=O) groups excluding carboxylic acids is 2. The minimum absolute atomic E-state index is 0.0985. The highest BCUT2D eigenvalue weighted by atomic mass is 16.2. The number of carbonyl (C=O) groups is 2. The molecule has 0 spiro atoms. The number of fused-ring (bicyclic) bond motifs is 1. The third-order valence-electron chi connectivity index (χ3n) is 5.57. The van der Waals surface area contributed by atoms with Gasteiger partial charge >= 0.3 is 0 Å². The number of nitrogens with one attached hydrogen (secondary N) is 2. The van der Waals surface area contributed by atoms with Crippen molar-refractivity contribution < 1.29 is 9.59 Å². The minimum atomic E-state index is -0.143. The van der Waals surface area contributed by atoms with Crippen molar-refractivity contribution in [1.82, 2.24) is 20.0 Å². The summed E-state index contributed by atoms with van der Waals surface area (Å²) >= 11 is 0. The summed E-state index contributed by atoms with van der Waals surface area (Å²) in [5.74, 6) is -0.0440. The Labute approximate surface area is 167 Å². The minimum Gasteiger partial charge on any atom is -0.353 e. The van der Waals surface area contributed by atoms with E-state index in [1.165, 1.54) is 32.1 Å². The Morgan fingerprint density at radius 2 is 1.86 bits per heavy atom. The lowest BCUT2D eigenvalue weighted by atomic mass is 9.96. The SMILES string of the molecule is Cc1nc2c(C)cccn2c1C(=O)NCCCC(=O)NC1CCCCCCC1. The lowest BCUT2D eigenvalue weighted by Gasteiger charge is -2.21. The fourth-order valence-corrected chi connectivity index (χ4v) is 4.03. The summed E-state index contributed by atoms with van der Waals surface area (Å²) in [6.45, 7) is 4.32. The first-order valence-corrected chi connectivity index (χ1v) is 10.6. The summed E-state index contributed by atoms with van der Waals surface area (Å²) in [4.78, 5) is 29.3. The molecule has 28 heavy (non-hydrogen) atoms. The lowest BCUT2D eigenvalue weighted by Crippen LogP contribution is -2.35. The van der Waals surface area contributed by atoms with E-state index in [1.54, 1.807) is 0 Å². The van der Waals surface area contributed by atoms with Crippen molar-refractivity contribution in [3.05, 3.63) is 35.3 Å². The molecule has 6 heteroatoms. The number of hydrogen-bond donors (Lipinski definition) is 2. The lowest BCUT2D eigenvalue weighted by molar-refractivity contribution is -0.122. The second-order valence-corrected chi connectivity index (χ2v) is 7.90. The molecule has 1 aliphatic carbocycles. The van der Waals surface area contributed by atoms with Crippen molar-refractivity contribution in [2.24, 2.45) is 0 Å². The predicted molar refractivity (Wildman–Crippen MR) is 110 cm³/mol. The van der Waals surface area contributed by atoms with Gasteiger partial charge in [-0.2, -0.15) is 0 Å². The topological polar surface area (TPSA) is 75.5 Å². The van der Waals surface area contributed by atoms with E-state index in [-0.39, 0.29) is 11.8 Å². The van der Waals surface area contributed by atoms with Gasteiger partial charge in [0.25, 0.3) is 5.91 Å². The van der Waals surface area contributed by atoms with Crippen LogP contribution < -0.4 is 10.6 Å². The van der Waals surface area contributed by atoms with Gasteiger partial charge in [-0.1, -0.05) is 38.2 Å². The number of rotatable bonds is 6. The van der Waals surface area contributed by atoms with Gasteiger partial charge in [-0.05, 0) is 44.7 Å². The van der Waals surface area contributed by atoms with E-state index in [2.05, 4.69) is 15.6 Å². The Hall–Kier alpha value is -2.37. The van der Waals surface area contributed by atoms with E-state index in [0.717, 1.165) is 24.1 Å². The maximum Gasteiger partial charge on any atom is 0.270 e. The second kappa shape index (κ2) is 9.71. The molecule has 0 aliphatic heterocycles. The first kappa shape index (κ1) is 20.4. The van der Waals surface area contributed by atoms with E-state index in [1.807, 2.05) is 36.6 Å². The molecule has 2 amide bonds. The largest absolute Gasteiger partial charge is 0.353 e. The number of aromatic nitrogens is 2. The normalized spacial score (nSPS) is 15.8. The fourth-order valence-electron chi connectivity index (χ4n) is 4.03. The maximum atomic E-state index is 12.6. The van der Waals surface area contributed by atoms with Gasteiger partial charge in [0.1, 0.15) is 11.3 Å². The molecule has 1 aliphatic rings. The highest BCUT2D eigenvalue weighted by Crippen LogP contribution is 2.17. The van der Waals surface area contributed by atoms with Crippen LogP contribution >= 0.6 is 0 Å². The Kier molecular flexibility index (Phi) is 7.06. The van der Waals surface area contributed by atoms with Gasteiger partial charge in [0.2, 0.25) is 5.91 Å². The van der Waals surface area contributed by atoms with Crippen molar-refractivity contribution in [2.75, 3.05) is 6.54 Å². The molecule has 0 radical (unpaired) electrons. The molecule has 0 aromatic carbocycles. The van der Waals surface area contributed by atoms with E-state index in [4.69, 9.17) is 0 Å². The van der Waals surface area contributed by atoms with Crippen LogP contribution in [0.1, 0.15) is 79.5 Å². The van der Waals surface area contributed by atoms with Crippen LogP contribution in [0.15, 0.2) is 18.3 Å². The Morgan fingerprint density at radius 3 is 2.61 bits per heavy atom. The van der Waals surface area contributed by atoms with Crippen LogP contribution in [0.4, 0.5) is 0 Å². The third kappa shape index (κ3) is 5.12. The predicted octanol–water partition coefficient (Wildman–Crippen LogP) is 3.69. The monoisotopic (exact) mass is 384 g/mol. The molecule has 2 aromatic rings. The van der Waals surface area contributed by atoms with Crippen LogP contribution in [-0.4, -0.2) is 33.8 Å². The summed E-state index contributed by atoms with van der Waals surface area (Å²) < 4.78 is 1.83. The van der Waals surface area contributed by atoms with Crippen LogP contribution in [0.3, 0.4) is 0 Å². The van der Waals surface area contributed by atoms with Crippen LogP contribution in [0.25, 0.3) is 5.65 Å². The number of pyridine rings is 1. The van der Waals surface area contributed by atoms with Gasteiger partial charge in [-0.25, -0.2) is 4.98 Å². The Balaban J connectivity index is 1.45. The van der Waals surface area contributed by atoms with Crippen LogP contribution in [0, 0.1) is 13.8 Å². The van der Waals surface area contributed by atoms with E-state index in [0.29, 0.717) is 36.8 Å². The summed E-state index contributed by atoms with van der Waals surface area (Å²) in [5.41, 5.74) is 3.13. The fraction of sp³-hybridized carbons (Fsp3) is 0.591. The van der Waals surface area contributed by atoms with Crippen LogP contribution in [-0.2, 0) is 4.79 Å². The summed E-state index contributed by atoms with van der Waals surface area (Å²) in [6, 6.07) is 4.23. The molecule has 3 rings (SSSR count). The van der Waals surface area contributed by atoms with Gasteiger partial charge in [0, 0.05) is 25.2 Å². The van der Waals surface area contributed by atoms with Gasteiger partial charge in [0.15, 0.2) is 0 Å². The molecule has 6 nitrogen and oxygen atoms in total. The Bertz CT molecular complexity index is 819. The summed E-state index contributed by atoms with van der Waals surface area (Å²) in [7, 11) is 0. The number of aryl methyl sites for hydroxylation is 2. The Morgan fingerprint density at radius 1 is 1.14 bits per heavy atom. The van der Waals surface area contributed by atoms with Crippen molar-refractivity contribution in [2.45, 2.75) is 77.7 Å². The molecular formula is C22H32N4O2. The van der Waals surface area contributed by atoms with Crippen molar-refractivity contribution in [3.8, 4) is 0 Å². The van der Waals surface area contributed by atoms with Crippen molar-refractivity contribution in [3.63, 3.8) is 0 Å². The number of nitrogens with zero attached hydrogens (tertiary/aromatic N) is 2. The highest BCUT2D eigenvalue weighted by molar-refractivity contribution is 5.94. The van der Waals surface area contributed by atoms with Gasteiger partial charge in [-0.3, -0.25) is 14.0 Å². The number of amides is 2. The molecule has 0 atom stereocenters. The third-order valence-corrected chi connectivity index (χ3v) is 5.57. The van der Waals surface area contributed by atoms with Crippen LogP contribution in [0.2, 0.25) is 0 Å². The quantitative estimate of drug-likeness (QED) is 0.746. The average Bonchev–Trinajstić information content (AvgIpc) is 2.98. The summed E-state index contributed by atoms with van der Waals surface area (Å²) in [6.07, 6.45) is 11.4. The molecule has 2 N–H and O–H groups in total. The molecule has 0 unspecified atom stereocenters. The standard InChI is InChI=1S/C22H32N4O2/c1-16-10-9-15-26-20(17(2)24-21(16)26)22(28)23-14-8-13-19(27)25-18-11-6-4-3-5-7-12-18/h9-10,15,18H,3-8,11-14H2,1-2H3,(H,23,28)(H,25,27). The van der Waals surface area contributed by atoms with Crippen molar-refractivity contribution >= 4 is 17.5 Å². The van der Waals surface area contributed by atoms with Crippen LogP contribution in [0.5, 0.6) is 0 Å². The first-order chi connectivity index (χ1) is 13.6. The number of imidazole rings is 1. The smallest absolute Gasteiger partial charge is 0.270 e. The maximum absolute atomic E-state index is 12.6. The van der Waals surface area contributed by atoms with E-state index < -0.39 is 0 Å². The number of hydrogen-bond acceptors (Lipinski definition) is 3. The average molecular weight is 385 g/mol. The van der Waals surface area contributed by atoms with Gasteiger partial charge < -0.3 is 10.6 Å². The van der Waals surface area contributed by atoms with E-state index in [9.17, 15) is 9.59 Å². The zero-order valence-corrected chi connectivity index (χ0v) is 17.1. The van der Waals surface area contributed by atoms with Gasteiger partial charge in [0.05, 0.1) is 5.69 Å². The van der Waals surface area contributed by atoms with E-state index >= 15 is 0 Å². The van der Waals surface area contributed by atoms with Gasteiger partial charge in [-0.15, -0.1) is 0 Å². The zero-order chi connectivity index (χ0) is 19.9. The molecule has 1 fully saturated rings. The molecule has 152 valence electrons. The molecular weight excluding hydrogens is 352 g/mol. The zero-order valence-electron chi connectivity index (χ0n) is 17.1. The molecule has 2 aromatic heterocycles. The molecule has 0 bridgehead atoms.